The van der Waals surface area contributed by atoms with Crippen molar-refractivity contribution in [2.45, 2.75) is 37.9 Å². The van der Waals surface area contributed by atoms with Gasteiger partial charge in [-0.2, -0.15) is 11.8 Å². The number of phenols is 1. The number of hydrogen-bond acceptors (Lipinski definition) is 6. The van der Waals surface area contributed by atoms with Crippen molar-refractivity contribution in [2.24, 2.45) is 11.8 Å². The molecule has 1 aromatic rings. The number of amides is 2. The first-order chi connectivity index (χ1) is 12.8. The van der Waals surface area contributed by atoms with Gasteiger partial charge in [0.15, 0.2) is 0 Å². The van der Waals surface area contributed by atoms with Gasteiger partial charge in [-0.25, -0.2) is 0 Å². The van der Waals surface area contributed by atoms with E-state index in [0.29, 0.717) is 11.3 Å². The zero-order valence-corrected chi connectivity index (χ0v) is 16.3. The summed E-state index contributed by atoms with van der Waals surface area (Å²) in [6.45, 7) is 3.48. The third kappa shape index (κ3) is 2.91. The molecule has 0 aliphatic carbocycles. The second-order valence-corrected chi connectivity index (χ2v) is 8.33. The Hall–Kier alpha value is -2.06. The summed E-state index contributed by atoms with van der Waals surface area (Å²) >= 11 is 1.49. The SMILES string of the molecule is CSCC[C@]1(C(=O)O)N[C@H](c2ccccc2O)[C@@H]2C(=O)N(C(C)C)C(=O)[C@@H]21. The van der Waals surface area contributed by atoms with Crippen molar-refractivity contribution in [3.05, 3.63) is 29.8 Å². The summed E-state index contributed by atoms with van der Waals surface area (Å²) in [5, 5.41) is 23.5. The fourth-order valence-electron chi connectivity index (χ4n) is 4.35. The van der Waals surface area contributed by atoms with Gasteiger partial charge < -0.3 is 10.2 Å². The predicted molar refractivity (Wildman–Crippen MR) is 101 cm³/mol. The van der Waals surface area contributed by atoms with Crippen LogP contribution in [0.25, 0.3) is 0 Å². The molecule has 2 saturated heterocycles. The van der Waals surface area contributed by atoms with Crippen molar-refractivity contribution in [3.63, 3.8) is 0 Å². The van der Waals surface area contributed by atoms with Crippen molar-refractivity contribution in [2.75, 3.05) is 12.0 Å². The van der Waals surface area contributed by atoms with Gasteiger partial charge in [0.05, 0.1) is 11.8 Å². The molecule has 2 aliphatic rings. The monoisotopic (exact) mass is 392 g/mol. The smallest absolute Gasteiger partial charge is 0.324 e. The zero-order valence-electron chi connectivity index (χ0n) is 15.5. The van der Waals surface area contributed by atoms with Gasteiger partial charge in [-0.05, 0) is 38.3 Å². The molecule has 0 bridgehead atoms. The number of rotatable bonds is 6. The molecule has 0 radical (unpaired) electrons. The Bertz CT molecular complexity index is 783. The van der Waals surface area contributed by atoms with Crippen LogP contribution in [-0.2, 0) is 14.4 Å². The number of aromatic hydroxyl groups is 1. The van der Waals surface area contributed by atoms with E-state index in [9.17, 15) is 24.6 Å². The second kappa shape index (κ2) is 7.16. The van der Waals surface area contributed by atoms with E-state index in [-0.39, 0.29) is 24.1 Å². The van der Waals surface area contributed by atoms with Gasteiger partial charge in [0.25, 0.3) is 0 Å². The number of carbonyl (C=O) groups excluding carboxylic acids is 2. The molecule has 27 heavy (non-hydrogen) atoms. The Balaban J connectivity index is 2.16. The molecule has 1 aromatic carbocycles. The summed E-state index contributed by atoms with van der Waals surface area (Å²) in [6, 6.07) is 5.44. The van der Waals surface area contributed by atoms with E-state index in [0.717, 1.165) is 0 Å². The van der Waals surface area contributed by atoms with Crippen molar-refractivity contribution in [1.82, 2.24) is 10.2 Å². The number of fused-ring (bicyclic) bond motifs is 1. The van der Waals surface area contributed by atoms with E-state index in [1.807, 2.05) is 6.26 Å². The molecule has 3 N–H and O–H groups in total. The Morgan fingerprint density at radius 2 is 1.96 bits per heavy atom. The van der Waals surface area contributed by atoms with E-state index in [4.69, 9.17) is 0 Å². The van der Waals surface area contributed by atoms with Crippen LogP contribution in [0.5, 0.6) is 5.75 Å². The lowest BCUT2D eigenvalue weighted by atomic mass is 9.78. The van der Waals surface area contributed by atoms with Crippen LogP contribution in [0.4, 0.5) is 0 Å². The molecule has 2 aliphatic heterocycles. The minimum atomic E-state index is -1.54. The summed E-state index contributed by atoms with van der Waals surface area (Å²) in [7, 11) is 0. The summed E-state index contributed by atoms with van der Waals surface area (Å²) < 4.78 is 0. The summed E-state index contributed by atoms with van der Waals surface area (Å²) in [5.74, 6) is -3.33. The first kappa shape index (κ1) is 19.7. The van der Waals surface area contributed by atoms with Crippen molar-refractivity contribution in [3.8, 4) is 5.75 Å². The van der Waals surface area contributed by atoms with Crippen molar-refractivity contribution >= 4 is 29.5 Å². The Morgan fingerprint density at radius 1 is 1.30 bits per heavy atom. The van der Waals surface area contributed by atoms with Crippen molar-refractivity contribution in [1.29, 1.82) is 0 Å². The van der Waals surface area contributed by atoms with Crippen LogP contribution in [0.1, 0.15) is 31.9 Å². The van der Waals surface area contributed by atoms with Crippen LogP contribution in [0.3, 0.4) is 0 Å². The number of aliphatic carboxylic acids is 1. The van der Waals surface area contributed by atoms with E-state index >= 15 is 0 Å². The highest BCUT2D eigenvalue weighted by molar-refractivity contribution is 7.98. The number of hydrogen-bond donors (Lipinski definition) is 3. The van der Waals surface area contributed by atoms with Gasteiger partial charge >= 0.3 is 5.97 Å². The molecular weight excluding hydrogens is 368 g/mol. The number of carboxylic acids is 1. The number of benzene rings is 1. The lowest BCUT2D eigenvalue weighted by Crippen LogP contribution is -2.56. The third-order valence-corrected chi connectivity index (χ3v) is 6.17. The number of phenolic OH excluding ortho intramolecular Hbond substituents is 1. The van der Waals surface area contributed by atoms with Gasteiger partial charge in [-0.1, -0.05) is 18.2 Å². The van der Waals surface area contributed by atoms with Gasteiger partial charge in [0.1, 0.15) is 11.3 Å². The summed E-state index contributed by atoms with van der Waals surface area (Å²) in [6.07, 6.45) is 2.07. The number of para-hydroxylation sites is 1. The van der Waals surface area contributed by atoms with Crippen LogP contribution in [0.15, 0.2) is 24.3 Å². The molecule has 0 saturated carbocycles. The number of likely N-dealkylation sites (tertiary alicyclic amines) is 1. The standard InChI is InChI=1S/C19H24N2O5S/c1-10(2)21-16(23)13-14(17(21)24)19(18(25)26,8-9-27-3)20-15(13)11-6-4-5-7-12(11)22/h4-7,10,13-15,20,22H,8-9H2,1-3H3,(H,25,26)/t13-,14-,15-,19+/m1/s1. The molecule has 8 heteroatoms. The van der Waals surface area contributed by atoms with E-state index in [1.54, 1.807) is 32.0 Å². The molecule has 0 unspecified atom stereocenters. The van der Waals surface area contributed by atoms with E-state index < -0.39 is 35.3 Å². The quantitative estimate of drug-likeness (QED) is 0.632. The average molecular weight is 392 g/mol. The molecule has 2 heterocycles. The molecule has 2 amide bonds. The van der Waals surface area contributed by atoms with Crippen LogP contribution in [0.2, 0.25) is 0 Å². The van der Waals surface area contributed by atoms with Crippen LogP contribution in [0, 0.1) is 11.8 Å². The fourth-order valence-corrected chi connectivity index (χ4v) is 4.87. The zero-order chi connectivity index (χ0) is 19.9. The van der Waals surface area contributed by atoms with Crippen LogP contribution < -0.4 is 5.32 Å². The number of carboxylic acid groups (broad SMARTS) is 1. The van der Waals surface area contributed by atoms with Gasteiger partial charge in [-0.3, -0.25) is 24.6 Å². The average Bonchev–Trinajstić information content (AvgIpc) is 3.08. The topological polar surface area (TPSA) is 107 Å². The molecule has 0 spiro atoms. The third-order valence-electron chi connectivity index (χ3n) is 5.56. The maximum atomic E-state index is 13.1. The molecular formula is C19H24N2O5S. The molecule has 2 fully saturated rings. The molecule has 3 rings (SSSR count). The first-order valence-electron chi connectivity index (χ1n) is 8.91. The fraction of sp³-hybridized carbons (Fsp3) is 0.526. The molecule has 7 nitrogen and oxygen atoms in total. The van der Waals surface area contributed by atoms with Gasteiger partial charge in [0.2, 0.25) is 11.8 Å². The normalized spacial score (nSPS) is 30.2. The largest absolute Gasteiger partial charge is 0.508 e. The maximum Gasteiger partial charge on any atom is 0.324 e. The van der Waals surface area contributed by atoms with Crippen molar-refractivity contribution < 1.29 is 24.6 Å². The maximum absolute atomic E-state index is 13.1. The number of nitrogens with one attached hydrogen (secondary N) is 1. The highest BCUT2D eigenvalue weighted by atomic mass is 32.2. The number of nitrogens with zero attached hydrogens (tertiary/aromatic N) is 1. The van der Waals surface area contributed by atoms with Gasteiger partial charge in [0, 0.05) is 17.6 Å². The summed E-state index contributed by atoms with van der Waals surface area (Å²) in [4.78, 5) is 39.7. The number of carbonyl (C=O) groups is 3. The Kier molecular flexibility index (Phi) is 5.22. The minimum Gasteiger partial charge on any atom is -0.508 e. The number of imide groups is 1. The highest BCUT2D eigenvalue weighted by Crippen LogP contribution is 2.51. The number of thioether (sulfide) groups is 1. The van der Waals surface area contributed by atoms with Gasteiger partial charge in [-0.15, -0.1) is 0 Å². The predicted octanol–water partition coefficient (Wildman–Crippen LogP) is 1.62. The lowest BCUT2D eigenvalue weighted by Gasteiger charge is -2.32. The molecule has 0 aromatic heterocycles. The highest BCUT2D eigenvalue weighted by Gasteiger charge is 2.68. The Labute approximate surface area is 162 Å². The summed E-state index contributed by atoms with van der Waals surface area (Å²) in [5.41, 5.74) is -1.11. The first-order valence-corrected chi connectivity index (χ1v) is 10.3. The Morgan fingerprint density at radius 3 is 2.52 bits per heavy atom. The minimum absolute atomic E-state index is 0.0250. The lowest BCUT2D eigenvalue weighted by molar-refractivity contribution is -0.152. The molecule has 146 valence electrons. The van der Waals surface area contributed by atoms with Crippen LogP contribution in [-0.4, -0.2) is 56.5 Å². The second-order valence-electron chi connectivity index (χ2n) is 7.34. The van der Waals surface area contributed by atoms with E-state index in [2.05, 4.69) is 5.32 Å². The van der Waals surface area contributed by atoms with Crippen LogP contribution >= 0.6 is 11.8 Å². The molecule has 4 atom stereocenters. The van der Waals surface area contributed by atoms with E-state index in [1.165, 1.54) is 22.7 Å².